The molecule has 0 radical (unpaired) electrons. The average Bonchev–Trinajstić information content (AvgIpc) is 2.45. The van der Waals surface area contributed by atoms with Crippen molar-refractivity contribution in [2.45, 2.75) is 78.0 Å². The highest BCUT2D eigenvalue weighted by atomic mass is 31.2. The molecule has 1 rings (SSSR count). The maximum atomic E-state index is 12.9. The molecule has 0 aromatic rings. The lowest BCUT2D eigenvalue weighted by molar-refractivity contribution is -0.111. The first-order chi connectivity index (χ1) is 11.6. The highest BCUT2D eigenvalue weighted by molar-refractivity contribution is 7.75. The second-order valence-corrected chi connectivity index (χ2v) is 8.28. The first-order valence-corrected chi connectivity index (χ1v) is 10.0. The van der Waals surface area contributed by atoms with Gasteiger partial charge in [0.05, 0.1) is 12.2 Å². The van der Waals surface area contributed by atoms with E-state index in [4.69, 9.17) is 14.8 Å². The lowest BCUT2D eigenvalue weighted by atomic mass is 9.96. The molecular formula is C15H28N3O6P. The van der Waals surface area contributed by atoms with Crippen LogP contribution in [0.2, 0.25) is 0 Å². The Kier molecular flexibility index (Phi) is 8.55. The zero-order valence-electron chi connectivity index (χ0n) is 15.2. The van der Waals surface area contributed by atoms with Gasteiger partial charge in [-0.15, -0.1) is 0 Å². The highest BCUT2D eigenvalue weighted by Gasteiger charge is 2.39. The molecule has 0 saturated heterocycles. The van der Waals surface area contributed by atoms with E-state index in [1.807, 2.05) is 0 Å². The van der Waals surface area contributed by atoms with E-state index in [0.29, 0.717) is 0 Å². The van der Waals surface area contributed by atoms with Gasteiger partial charge in [0.2, 0.25) is 0 Å². The predicted octanol–water partition coefficient (Wildman–Crippen LogP) is 2.89. The lowest BCUT2D eigenvalue weighted by Gasteiger charge is -2.23. The van der Waals surface area contributed by atoms with Gasteiger partial charge < -0.3 is 20.1 Å². The number of oxime groups is 1. The Morgan fingerprint density at radius 2 is 1.60 bits per heavy atom. The number of hydrogen-bond donors (Lipinski definition) is 2. The van der Waals surface area contributed by atoms with Crippen LogP contribution in [0.4, 0.5) is 4.79 Å². The summed E-state index contributed by atoms with van der Waals surface area (Å²) in [6.07, 6.45) is 3.02. The molecule has 0 bridgehead atoms. The number of primary amides is 1. The third-order valence-electron chi connectivity index (χ3n) is 3.32. The normalized spacial score (nSPS) is 17.0. The van der Waals surface area contributed by atoms with Gasteiger partial charge in [0.25, 0.3) is 11.4 Å². The molecule has 0 aromatic heterocycles. The third kappa shape index (κ3) is 7.54. The number of carbonyl (C=O) groups excluding carboxylic acids is 2. The largest absolute Gasteiger partial charge is 0.433 e. The summed E-state index contributed by atoms with van der Waals surface area (Å²) < 4.78 is 23.4. The van der Waals surface area contributed by atoms with Crippen molar-refractivity contribution in [3.05, 3.63) is 0 Å². The first-order valence-electron chi connectivity index (χ1n) is 8.46. The number of nitrogens with zero attached hydrogens (tertiary/aromatic N) is 1. The van der Waals surface area contributed by atoms with Gasteiger partial charge in [0.1, 0.15) is 0 Å². The van der Waals surface area contributed by atoms with Crippen LogP contribution in [0.15, 0.2) is 5.16 Å². The van der Waals surface area contributed by atoms with E-state index in [9.17, 15) is 14.2 Å². The number of rotatable bonds is 8. The van der Waals surface area contributed by atoms with Gasteiger partial charge in [-0.3, -0.25) is 14.2 Å². The molecule has 1 aliphatic carbocycles. The summed E-state index contributed by atoms with van der Waals surface area (Å²) in [6.45, 7) is 6.47. The van der Waals surface area contributed by atoms with E-state index in [0.717, 1.165) is 32.1 Å². The summed E-state index contributed by atoms with van der Waals surface area (Å²) in [4.78, 5) is 28.2. The number of carbonyl (C=O) groups is 2. The van der Waals surface area contributed by atoms with Gasteiger partial charge >= 0.3 is 13.7 Å². The van der Waals surface area contributed by atoms with Crippen molar-refractivity contribution in [2.24, 2.45) is 10.9 Å². The Morgan fingerprint density at radius 3 is 2.04 bits per heavy atom. The van der Waals surface area contributed by atoms with E-state index in [1.165, 1.54) is 0 Å². The summed E-state index contributed by atoms with van der Waals surface area (Å²) in [5.41, 5.74) is 4.49. The molecule has 0 atom stereocenters. The van der Waals surface area contributed by atoms with Crippen LogP contribution in [0.25, 0.3) is 0 Å². The number of nitrogens with one attached hydrogen (secondary N) is 1. The molecule has 9 nitrogen and oxygen atoms in total. The van der Waals surface area contributed by atoms with Crippen molar-refractivity contribution in [3.8, 4) is 0 Å². The molecule has 0 aromatic carbocycles. The Balaban J connectivity index is 2.86. The zero-order chi connectivity index (χ0) is 19.0. The first kappa shape index (κ1) is 21.6. The summed E-state index contributed by atoms with van der Waals surface area (Å²) in [6, 6.07) is -0.000823. The van der Waals surface area contributed by atoms with Crippen molar-refractivity contribution in [3.63, 3.8) is 0 Å². The topological polar surface area (TPSA) is 129 Å². The van der Waals surface area contributed by atoms with E-state index in [-0.39, 0.29) is 6.04 Å². The van der Waals surface area contributed by atoms with E-state index >= 15 is 0 Å². The lowest BCUT2D eigenvalue weighted by Crippen LogP contribution is -2.36. The maximum absolute atomic E-state index is 12.9. The minimum absolute atomic E-state index is 0.000823. The molecule has 0 heterocycles. The monoisotopic (exact) mass is 377 g/mol. The maximum Gasteiger partial charge on any atom is 0.433 e. The fourth-order valence-electron chi connectivity index (χ4n) is 2.43. The van der Waals surface area contributed by atoms with Crippen LogP contribution >= 0.6 is 7.60 Å². The number of hydrogen-bond acceptors (Lipinski definition) is 7. The third-order valence-corrected chi connectivity index (χ3v) is 5.54. The molecule has 3 N–H and O–H groups in total. The quantitative estimate of drug-likeness (QED) is 0.289. The molecule has 2 amide bonds. The second-order valence-electron chi connectivity index (χ2n) is 6.44. The number of amides is 2. The van der Waals surface area contributed by atoms with Crippen LogP contribution in [0.1, 0.15) is 59.8 Å². The standard InChI is InChI=1S/C15H28N3O6P/c1-10(2)23-25(21,24-11(3)4)14(13(16)19)18-22-15(20)17-12-8-6-5-7-9-12/h10-12H,5-9H2,1-4H3,(H2,16,19)(H,17,20)/b18-14-. The Labute approximate surface area is 148 Å². The number of nitrogens with two attached hydrogens (primary N) is 1. The SMILES string of the molecule is CC(C)OP(=O)(OC(C)C)/C(=N\OC(=O)NC1CCCCC1)C(N)=O. The Hall–Kier alpha value is -1.44. The fraction of sp³-hybridized carbons (Fsp3) is 0.800. The second kappa shape index (κ2) is 9.89. The van der Waals surface area contributed by atoms with Gasteiger partial charge in [-0.1, -0.05) is 24.4 Å². The van der Waals surface area contributed by atoms with E-state index < -0.39 is 37.3 Å². The average molecular weight is 377 g/mol. The summed E-state index contributed by atoms with van der Waals surface area (Å²) >= 11 is 0. The van der Waals surface area contributed by atoms with E-state index in [2.05, 4.69) is 15.3 Å². The molecule has 25 heavy (non-hydrogen) atoms. The Morgan fingerprint density at radius 1 is 1.08 bits per heavy atom. The Bertz CT molecular complexity index is 529. The van der Waals surface area contributed by atoms with Crippen molar-refractivity contribution in [1.82, 2.24) is 5.32 Å². The minimum atomic E-state index is -4.13. The van der Waals surface area contributed by atoms with Crippen molar-refractivity contribution < 1.29 is 28.0 Å². The van der Waals surface area contributed by atoms with Crippen LogP contribution in [0.3, 0.4) is 0 Å². The van der Waals surface area contributed by atoms with Crippen LogP contribution in [-0.4, -0.2) is 35.7 Å². The van der Waals surface area contributed by atoms with Crippen molar-refractivity contribution in [2.75, 3.05) is 0 Å². The van der Waals surface area contributed by atoms with Gasteiger partial charge in [-0.05, 0) is 40.5 Å². The van der Waals surface area contributed by atoms with Crippen molar-refractivity contribution >= 4 is 25.0 Å². The summed E-state index contributed by atoms with van der Waals surface area (Å²) in [5.74, 6) is -1.14. The van der Waals surface area contributed by atoms with Gasteiger partial charge in [-0.2, -0.15) is 0 Å². The van der Waals surface area contributed by atoms with E-state index in [1.54, 1.807) is 27.7 Å². The fourth-order valence-corrected chi connectivity index (χ4v) is 4.20. The molecule has 0 unspecified atom stereocenters. The van der Waals surface area contributed by atoms with Gasteiger partial charge in [0, 0.05) is 6.04 Å². The molecule has 1 saturated carbocycles. The molecular weight excluding hydrogens is 349 g/mol. The summed E-state index contributed by atoms with van der Waals surface area (Å²) in [7, 11) is -4.13. The van der Waals surface area contributed by atoms with Gasteiger partial charge in [0.15, 0.2) is 0 Å². The van der Waals surface area contributed by atoms with Crippen LogP contribution < -0.4 is 11.1 Å². The predicted molar refractivity (Wildman–Crippen MR) is 93.2 cm³/mol. The van der Waals surface area contributed by atoms with Crippen LogP contribution in [-0.2, 0) is 23.2 Å². The minimum Gasteiger partial charge on any atom is -0.364 e. The molecule has 0 spiro atoms. The molecule has 1 aliphatic rings. The van der Waals surface area contributed by atoms with Crippen LogP contribution in [0, 0.1) is 0 Å². The van der Waals surface area contributed by atoms with Crippen molar-refractivity contribution in [1.29, 1.82) is 0 Å². The molecule has 10 heteroatoms. The smallest absolute Gasteiger partial charge is 0.364 e. The molecule has 144 valence electrons. The van der Waals surface area contributed by atoms with Crippen LogP contribution in [0.5, 0.6) is 0 Å². The highest BCUT2D eigenvalue weighted by Crippen LogP contribution is 2.52. The molecule has 0 aliphatic heterocycles. The summed E-state index contributed by atoms with van der Waals surface area (Å²) in [5, 5.41) is 6.04. The zero-order valence-corrected chi connectivity index (χ0v) is 16.1. The van der Waals surface area contributed by atoms with Gasteiger partial charge in [-0.25, -0.2) is 4.79 Å². The molecule has 1 fully saturated rings.